The number of hydrogen-bond donors (Lipinski definition) is 0. The van der Waals surface area contributed by atoms with E-state index in [0.29, 0.717) is 0 Å². The van der Waals surface area contributed by atoms with Gasteiger partial charge in [0.15, 0.2) is 6.10 Å². The van der Waals surface area contributed by atoms with Crippen molar-refractivity contribution in [1.29, 1.82) is 0 Å². The molecule has 0 saturated heterocycles. The molecule has 0 spiro atoms. The Morgan fingerprint density at radius 3 is 2.00 bits per heavy atom. The highest BCUT2D eigenvalue weighted by molar-refractivity contribution is 7.94. The van der Waals surface area contributed by atoms with E-state index in [1.807, 2.05) is 19.1 Å². The molecule has 4 nitrogen and oxygen atoms in total. The van der Waals surface area contributed by atoms with Gasteiger partial charge in [0.1, 0.15) is 0 Å². The van der Waals surface area contributed by atoms with Crippen LogP contribution in [0.4, 0.5) is 8.78 Å². The van der Waals surface area contributed by atoms with Crippen LogP contribution in [0.1, 0.15) is 11.1 Å². The van der Waals surface area contributed by atoms with Crippen LogP contribution in [-0.2, 0) is 18.5 Å². The minimum Gasteiger partial charge on any atom is -0.307 e. The highest BCUT2D eigenvalue weighted by atomic mass is 32.2. The molecule has 0 aliphatic carbocycles. The van der Waals surface area contributed by atoms with Gasteiger partial charge in [-0.1, -0.05) is 35.4 Å². The number of alkyl halides is 2. The van der Waals surface area contributed by atoms with Crippen molar-refractivity contribution in [1.82, 2.24) is 0 Å². The van der Waals surface area contributed by atoms with Crippen LogP contribution < -0.4 is 0 Å². The summed E-state index contributed by atoms with van der Waals surface area (Å²) in [5.41, 5.74) is 1.91. The molecule has 136 valence electrons. The van der Waals surface area contributed by atoms with Crippen molar-refractivity contribution in [2.45, 2.75) is 36.2 Å². The Morgan fingerprint density at radius 1 is 0.960 bits per heavy atom. The molecule has 0 aliphatic rings. The van der Waals surface area contributed by atoms with Crippen molar-refractivity contribution >= 4 is 22.2 Å². The van der Waals surface area contributed by atoms with Crippen LogP contribution in [-0.4, -0.2) is 27.6 Å². The maximum Gasteiger partial charge on any atom is 0.297 e. The van der Waals surface area contributed by atoms with Crippen LogP contribution in [0.3, 0.4) is 0 Å². The summed E-state index contributed by atoms with van der Waals surface area (Å²) in [6, 6.07) is 13.0. The average Bonchev–Trinajstić information content (AvgIpc) is 2.56. The van der Waals surface area contributed by atoms with Gasteiger partial charge in [0, 0.05) is 16.9 Å². The van der Waals surface area contributed by atoms with E-state index in [4.69, 9.17) is 4.18 Å². The normalized spacial score (nSPS) is 13.2. The van der Waals surface area contributed by atoms with E-state index in [1.165, 1.54) is 12.1 Å². The molecule has 1 atom stereocenters. The molecular weight excluding hydrogens is 370 g/mol. The molecule has 0 amide bonds. The van der Waals surface area contributed by atoms with Crippen LogP contribution in [0, 0.1) is 13.8 Å². The second-order valence-electron chi connectivity index (χ2n) is 5.42. The van der Waals surface area contributed by atoms with Gasteiger partial charge in [-0.15, -0.1) is 0 Å². The summed E-state index contributed by atoms with van der Waals surface area (Å²) in [6.45, 7) is 3.14. The predicted molar refractivity (Wildman–Crippen MR) is 92.2 cm³/mol. The zero-order chi connectivity index (χ0) is 18.4. The Hall–Kier alpha value is -1.48. The zero-order valence-electron chi connectivity index (χ0n) is 13.7. The van der Waals surface area contributed by atoms with Crippen LogP contribution in [0.15, 0.2) is 58.3 Å². The van der Waals surface area contributed by atoms with Crippen LogP contribution in [0.25, 0.3) is 0 Å². The van der Waals surface area contributed by atoms with E-state index in [9.17, 15) is 17.2 Å². The molecule has 0 saturated carbocycles. The second-order valence-corrected chi connectivity index (χ2v) is 7.86. The van der Waals surface area contributed by atoms with Gasteiger partial charge in [-0.05, 0) is 38.1 Å². The van der Waals surface area contributed by atoms with Crippen molar-refractivity contribution in [3.8, 4) is 0 Å². The smallest absolute Gasteiger partial charge is 0.297 e. The van der Waals surface area contributed by atoms with Gasteiger partial charge in [-0.25, -0.2) is 8.78 Å². The molecule has 0 N–H and O–H groups in total. The molecule has 1 unspecified atom stereocenters. The predicted octanol–water partition coefficient (Wildman–Crippen LogP) is 4.37. The molecular formula is C17H18F2O4S2. The lowest BCUT2D eigenvalue weighted by atomic mass is 10.2. The summed E-state index contributed by atoms with van der Waals surface area (Å²) in [5, 5.41) is 0. The van der Waals surface area contributed by atoms with E-state index >= 15 is 0 Å². The summed E-state index contributed by atoms with van der Waals surface area (Å²) in [5.74, 6) is 0. The van der Waals surface area contributed by atoms with E-state index in [0.717, 1.165) is 28.1 Å². The molecule has 0 aromatic heterocycles. The first-order chi connectivity index (χ1) is 11.8. The van der Waals surface area contributed by atoms with Gasteiger partial charge in [0.25, 0.3) is 16.5 Å². The Balaban J connectivity index is 1.97. The number of rotatable bonds is 8. The van der Waals surface area contributed by atoms with Crippen LogP contribution >= 0.6 is 12.0 Å². The molecule has 8 heteroatoms. The number of benzene rings is 2. The standard InChI is InChI=1S/C17H18F2O4S2/c1-12-3-7-14(8-4-12)24-22-11-16(17(18)19)23-25(20,21)15-9-5-13(2)6-10-15/h3-10,16-17H,11H2,1-2H3. The molecule has 2 aromatic rings. The quantitative estimate of drug-likeness (QED) is 0.497. The highest BCUT2D eigenvalue weighted by Gasteiger charge is 2.29. The first-order valence-corrected chi connectivity index (χ1v) is 9.57. The van der Waals surface area contributed by atoms with Gasteiger partial charge < -0.3 is 4.18 Å². The van der Waals surface area contributed by atoms with E-state index in [2.05, 4.69) is 4.18 Å². The van der Waals surface area contributed by atoms with Gasteiger partial charge >= 0.3 is 0 Å². The number of aryl methyl sites for hydroxylation is 2. The molecule has 2 rings (SSSR count). The molecule has 2 aromatic carbocycles. The van der Waals surface area contributed by atoms with Crippen molar-refractivity contribution in [3.63, 3.8) is 0 Å². The lowest BCUT2D eigenvalue weighted by Crippen LogP contribution is -2.29. The number of hydrogen-bond acceptors (Lipinski definition) is 5. The topological polar surface area (TPSA) is 52.6 Å². The number of halogens is 2. The molecule has 0 bridgehead atoms. The first-order valence-electron chi connectivity index (χ1n) is 7.42. The fourth-order valence-electron chi connectivity index (χ4n) is 1.83. The van der Waals surface area contributed by atoms with Crippen molar-refractivity contribution in [2.24, 2.45) is 0 Å². The summed E-state index contributed by atoms with van der Waals surface area (Å²) in [6.07, 6.45) is -4.89. The molecule has 0 heterocycles. The van der Waals surface area contributed by atoms with Crippen molar-refractivity contribution in [3.05, 3.63) is 59.7 Å². The largest absolute Gasteiger partial charge is 0.307 e. The average molecular weight is 388 g/mol. The minimum atomic E-state index is -4.29. The summed E-state index contributed by atoms with van der Waals surface area (Å²) >= 11 is 0.890. The van der Waals surface area contributed by atoms with Gasteiger partial charge in [-0.2, -0.15) is 8.42 Å². The van der Waals surface area contributed by atoms with Crippen LogP contribution in [0.5, 0.6) is 0 Å². The zero-order valence-corrected chi connectivity index (χ0v) is 15.3. The lowest BCUT2D eigenvalue weighted by molar-refractivity contribution is -0.00589. The highest BCUT2D eigenvalue weighted by Crippen LogP contribution is 2.23. The lowest BCUT2D eigenvalue weighted by Gasteiger charge is -2.16. The Morgan fingerprint density at radius 2 is 1.48 bits per heavy atom. The van der Waals surface area contributed by atoms with E-state index < -0.39 is 29.3 Å². The molecule has 0 fully saturated rings. The summed E-state index contributed by atoms with van der Waals surface area (Å²) in [7, 11) is -4.29. The monoisotopic (exact) mass is 388 g/mol. The summed E-state index contributed by atoms with van der Waals surface area (Å²) < 4.78 is 60.2. The summed E-state index contributed by atoms with van der Waals surface area (Å²) in [4.78, 5) is 0.551. The molecule has 0 radical (unpaired) electrons. The van der Waals surface area contributed by atoms with Crippen LogP contribution in [0.2, 0.25) is 0 Å². The third kappa shape index (κ3) is 6.07. The maximum absolute atomic E-state index is 13.1. The van der Waals surface area contributed by atoms with Crippen molar-refractivity contribution in [2.75, 3.05) is 6.61 Å². The Bertz CT molecular complexity index is 775. The first kappa shape index (κ1) is 19.8. The van der Waals surface area contributed by atoms with E-state index in [-0.39, 0.29) is 4.90 Å². The third-order valence-corrected chi connectivity index (χ3v) is 5.32. The molecule has 25 heavy (non-hydrogen) atoms. The van der Waals surface area contributed by atoms with Gasteiger partial charge in [0.05, 0.1) is 11.5 Å². The second kappa shape index (κ2) is 8.75. The Kier molecular flexibility index (Phi) is 6.95. The molecule has 0 aliphatic heterocycles. The maximum atomic E-state index is 13.1. The van der Waals surface area contributed by atoms with E-state index in [1.54, 1.807) is 31.2 Å². The third-order valence-electron chi connectivity index (χ3n) is 3.25. The van der Waals surface area contributed by atoms with Gasteiger partial charge in [-0.3, -0.25) is 4.18 Å². The van der Waals surface area contributed by atoms with Gasteiger partial charge in [0.2, 0.25) is 0 Å². The minimum absolute atomic E-state index is 0.171. The fraction of sp³-hybridized carbons (Fsp3) is 0.294. The fourth-order valence-corrected chi connectivity index (χ4v) is 3.46. The SMILES string of the molecule is Cc1ccc(SOCC(OS(=O)(=O)c2ccc(C)cc2)C(F)F)cc1. The Labute approximate surface area is 150 Å². The van der Waals surface area contributed by atoms with Crippen molar-refractivity contribution < 1.29 is 25.6 Å².